The Labute approximate surface area is 221 Å². The lowest BCUT2D eigenvalue weighted by Gasteiger charge is -2.30. The van der Waals surface area contributed by atoms with E-state index >= 15 is 0 Å². The van der Waals surface area contributed by atoms with Gasteiger partial charge >= 0.3 is 6.03 Å². The summed E-state index contributed by atoms with van der Waals surface area (Å²) in [6.45, 7) is 3.51. The Morgan fingerprint density at radius 3 is 1.76 bits per heavy atom. The highest BCUT2D eigenvalue weighted by Crippen LogP contribution is 2.37. The first-order chi connectivity index (χ1) is 18.0. The maximum atomic E-state index is 13.7. The molecule has 198 valence electrons. The third kappa shape index (κ3) is 4.45. The van der Waals surface area contributed by atoms with E-state index in [1.165, 1.54) is 57.7 Å². The third-order valence-electron chi connectivity index (χ3n) is 6.71. The van der Waals surface area contributed by atoms with Crippen molar-refractivity contribution in [2.45, 2.75) is 36.1 Å². The molecule has 2 heterocycles. The first kappa shape index (κ1) is 25.9. The van der Waals surface area contributed by atoms with Crippen molar-refractivity contribution in [1.82, 2.24) is 8.61 Å². The molecule has 1 atom stereocenters. The molecule has 38 heavy (non-hydrogen) atoms. The van der Waals surface area contributed by atoms with E-state index in [-0.39, 0.29) is 28.6 Å². The summed E-state index contributed by atoms with van der Waals surface area (Å²) in [6.07, 6.45) is 2.11. The van der Waals surface area contributed by atoms with Gasteiger partial charge in [0.1, 0.15) is 5.82 Å². The number of nitrogens with zero attached hydrogens (tertiary/aromatic N) is 3. The van der Waals surface area contributed by atoms with Gasteiger partial charge in [-0.25, -0.2) is 30.3 Å². The van der Waals surface area contributed by atoms with Crippen LogP contribution < -0.4 is 4.90 Å². The molecule has 0 aromatic heterocycles. The number of anilines is 1. The van der Waals surface area contributed by atoms with Gasteiger partial charge in [-0.3, -0.25) is 9.21 Å². The van der Waals surface area contributed by atoms with Gasteiger partial charge in [0.05, 0.1) is 28.1 Å². The summed E-state index contributed by atoms with van der Waals surface area (Å²) in [5, 5.41) is 0. The van der Waals surface area contributed by atoms with Crippen LogP contribution in [0.5, 0.6) is 0 Å². The Hall–Kier alpha value is -3.70. The predicted octanol–water partition coefficient (Wildman–Crippen LogP) is 4.42. The number of aryl methyl sites for hydroxylation is 2. The zero-order chi connectivity index (χ0) is 27.2. The number of benzene rings is 3. The summed E-state index contributed by atoms with van der Waals surface area (Å²) >= 11 is 0. The molecule has 3 aromatic rings. The average molecular weight is 556 g/mol. The quantitative estimate of drug-likeness (QED) is 0.449. The molecule has 0 radical (unpaired) electrons. The van der Waals surface area contributed by atoms with E-state index in [1.807, 2.05) is 13.8 Å². The minimum absolute atomic E-state index is 0.0549. The highest BCUT2D eigenvalue weighted by molar-refractivity contribution is 7.90. The SMILES string of the molecule is Cc1ccc(S(=O)(=O)N2CC(C3=CCCN3S(=O)(=O)c3ccc(C)cc3)N(c3ccc(F)cc3)C2=O)cc1. The van der Waals surface area contributed by atoms with Crippen molar-refractivity contribution in [3.63, 3.8) is 0 Å². The number of sulfonamides is 2. The van der Waals surface area contributed by atoms with Gasteiger partial charge in [0, 0.05) is 12.2 Å². The van der Waals surface area contributed by atoms with Crippen LogP contribution in [0.2, 0.25) is 0 Å². The fourth-order valence-corrected chi connectivity index (χ4v) is 7.61. The first-order valence-electron chi connectivity index (χ1n) is 12.0. The normalized spacial score (nSPS) is 18.3. The van der Waals surface area contributed by atoms with Gasteiger partial charge in [0.25, 0.3) is 20.0 Å². The fraction of sp³-hybridized carbons (Fsp3) is 0.222. The molecule has 3 aromatic carbocycles. The number of rotatable bonds is 6. The molecule has 8 nitrogen and oxygen atoms in total. The van der Waals surface area contributed by atoms with E-state index in [4.69, 9.17) is 0 Å². The summed E-state index contributed by atoms with van der Waals surface area (Å²) in [6, 6.07) is 15.9. The maximum Gasteiger partial charge on any atom is 0.339 e. The second-order valence-electron chi connectivity index (χ2n) is 9.30. The molecule has 2 aliphatic rings. The van der Waals surface area contributed by atoms with E-state index in [2.05, 4.69) is 0 Å². The molecular formula is C27H26FN3O5S2. The van der Waals surface area contributed by atoms with Gasteiger partial charge in [-0.05, 0) is 68.8 Å². The maximum absolute atomic E-state index is 13.7. The van der Waals surface area contributed by atoms with Gasteiger partial charge in [0.2, 0.25) is 0 Å². The summed E-state index contributed by atoms with van der Waals surface area (Å²) in [5.41, 5.74) is 2.31. The number of urea groups is 1. The van der Waals surface area contributed by atoms with E-state index in [9.17, 15) is 26.0 Å². The summed E-state index contributed by atoms with van der Waals surface area (Å²) < 4.78 is 70.0. The highest BCUT2D eigenvalue weighted by Gasteiger charge is 2.49. The molecule has 1 fully saturated rings. The highest BCUT2D eigenvalue weighted by atomic mass is 32.2. The van der Waals surface area contributed by atoms with Crippen LogP contribution in [-0.2, 0) is 20.0 Å². The second-order valence-corrected chi connectivity index (χ2v) is 13.0. The van der Waals surface area contributed by atoms with Gasteiger partial charge in [0.15, 0.2) is 0 Å². The Morgan fingerprint density at radius 2 is 1.24 bits per heavy atom. The van der Waals surface area contributed by atoms with Crippen LogP contribution in [0.15, 0.2) is 94.4 Å². The van der Waals surface area contributed by atoms with Gasteiger partial charge < -0.3 is 0 Å². The molecule has 0 bridgehead atoms. The fourth-order valence-electron chi connectivity index (χ4n) is 4.69. The minimum Gasteiger partial charge on any atom is -0.283 e. The lowest BCUT2D eigenvalue weighted by molar-refractivity contribution is 0.239. The lowest BCUT2D eigenvalue weighted by Crippen LogP contribution is -2.42. The molecule has 0 aliphatic carbocycles. The first-order valence-corrected chi connectivity index (χ1v) is 14.9. The van der Waals surface area contributed by atoms with Crippen LogP contribution in [0.3, 0.4) is 0 Å². The second kappa shape index (κ2) is 9.55. The van der Waals surface area contributed by atoms with E-state index in [1.54, 1.807) is 30.3 Å². The van der Waals surface area contributed by atoms with Crippen LogP contribution >= 0.6 is 0 Å². The molecule has 1 unspecified atom stereocenters. The van der Waals surface area contributed by atoms with E-state index < -0.39 is 37.9 Å². The summed E-state index contributed by atoms with van der Waals surface area (Å²) in [5.74, 6) is -0.523. The van der Waals surface area contributed by atoms with Crippen molar-refractivity contribution < 1.29 is 26.0 Å². The standard InChI is InChI=1S/C27H26FN3O5S2/c1-19-5-13-23(14-6-19)37(33,34)29-17-3-4-25(29)26-18-30(38(35,36)24-15-7-20(2)8-16-24)27(32)31(26)22-11-9-21(28)10-12-22/h4-16,26H,3,17-18H2,1-2H3. The topological polar surface area (TPSA) is 95.1 Å². The molecule has 0 saturated carbocycles. The molecule has 5 rings (SSSR count). The number of hydrogen-bond donors (Lipinski definition) is 0. The molecule has 0 spiro atoms. The molecule has 0 N–H and O–H groups in total. The summed E-state index contributed by atoms with van der Waals surface area (Å²) in [7, 11) is -8.24. The van der Waals surface area contributed by atoms with Crippen molar-refractivity contribution in [1.29, 1.82) is 0 Å². The number of hydrogen-bond acceptors (Lipinski definition) is 5. The Kier molecular flexibility index (Phi) is 6.52. The largest absolute Gasteiger partial charge is 0.339 e. The van der Waals surface area contributed by atoms with Crippen molar-refractivity contribution in [2.24, 2.45) is 0 Å². The summed E-state index contributed by atoms with van der Waals surface area (Å²) in [4.78, 5) is 15.0. The van der Waals surface area contributed by atoms with Crippen LogP contribution in [0.25, 0.3) is 0 Å². The minimum atomic E-state index is -4.25. The van der Waals surface area contributed by atoms with Crippen molar-refractivity contribution in [3.05, 3.63) is 102 Å². The van der Waals surface area contributed by atoms with Gasteiger partial charge in [-0.15, -0.1) is 0 Å². The zero-order valence-corrected chi connectivity index (χ0v) is 22.4. The van der Waals surface area contributed by atoms with Gasteiger partial charge in [-0.1, -0.05) is 41.5 Å². The van der Waals surface area contributed by atoms with Crippen molar-refractivity contribution in [2.75, 3.05) is 18.0 Å². The Morgan fingerprint density at radius 1 is 0.737 bits per heavy atom. The number of carbonyl (C=O) groups is 1. The smallest absolute Gasteiger partial charge is 0.283 e. The monoisotopic (exact) mass is 555 g/mol. The predicted molar refractivity (Wildman–Crippen MR) is 141 cm³/mol. The Bertz CT molecular complexity index is 1620. The van der Waals surface area contributed by atoms with E-state index in [0.29, 0.717) is 12.1 Å². The van der Waals surface area contributed by atoms with Crippen LogP contribution in [0, 0.1) is 19.7 Å². The molecular weight excluding hydrogens is 529 g/mol. The van der Waals surface area contributed by atoms with Crippen LogP contribution in [0.1, 0.15) is 17.5 Å². The number of carbonyl (C=O) groups excluding carboxylic acids is 1. The average Bonchev–Trinajstić information content (AvgIpc) is 3.51. The Balaban J connectivity index is 1.58. The van der Waals surface area contributed by atoms with Crippen molar-refractivity contribution >= 4 is 31.8 Å². The molecule has 2 aliphatic heterocycles. The van der Waals surface area contributed by atoms with Crippen molar-refractivity contribution in [3.8, 4) is 0 Å². The van der Waals surface area contributed by atoms with Crippen LogP contribution in [0.4, 0.5) is 14.9 Å². The molecule has 1 saturated heterocycles. The number of amides is 2. The van der Waals surface area contributed by atoms with E-state index in [0.717, 1.165) is 15.4 Å². The van der Waals surface area contributed by atoms with Crippen LogP contribution in [-0.4, -0.2) is 50.6 Å². The zero-order valence-electron chi connectivity index (χ0n) is 20.8. The number of halogens is 1. The lowest BCUT2D eigenvalue weighted by atomic mass is 10.1. The third-order valence-corrected chi connectivity index (χ3v) is 10.3. The van der Waals surface area contributed by atoms with Gasteiger partial charge in [-0.2, -0.15) is 0 Å². The molecule has 2 amide bonds. The molecule has 11 heteroatoms.